The van der Waals surface area contributed by atoms with Crippen molar-refractivity contribution in [2.45, 2.75) is 0 Å². The summed E-state index contributed by atoms with van der Waals surface area (Å²) < 4.78 is 4.57. The Morgan fingerprint density at radius 1 is 1.83 bits per heavy atom. The van der Waals surface area contributed by atoms with Gasteiger partial charge in [-0.15, -0.1) is 6.58 Å². The molecule has 0 aromatic carbocycles. The van der Waals surface area contributed by atoms with Crippen molar-refractivity contribution in [2.24, 2.45) is 0 Å². The maximum Gasteiger partial charge on any atom is 0.187 e. The van der Waals surface area contributed by atoms with E-state index in [2.05, 4.69) is 11.3 Å². The highest BCUT2D eigenvalue weighted by atomic mass is 27.0. The smallest absolute Gasteiger partial charge is 0.187 e. The summed E-state index contributed by atoms with van der Waals surface area (Å²) >= 11 is 0. The van der Waals surface area contributed by atoms with Crippen molar-refractivity contribution in [1.29, 1.82) is 0 Å². The van der Waals surface area contributed by atoms with Gasteiger partial charge in [0.05, 0.1) is 6.61 Å². The fourth-order valence-corrected chi connectivity index (χ4v) is 0.118. The average Bonchev–Trinajstić information content (AvgIpc) is 1.41. The van der Waals surface area contributed by atoms with Crippen molar-refractivity contribution < 1.29 is 4.74 Å². The van der Waals surface area contributed by atoms with Gasteiger partial charge < -0.3 is 4.74 Å². The van der Waals surface area contributed by atoms with Gasteiger partial charge in [-0.05, 0) is 0 Å². The Morgan fingerprint density at radius 3 is 2.33 bits per heavy atom. The highest BCUT2D eigenvalue weighted by molar-refractivity contribution is 5.75. The maximum atomic E-state index is 4.57. The van der Waals surface area contributed by atoms with E-state index in [1.165, 1.54) is 0 Å². The molecule has 0 aromatic heterocycles. The molecule has 0 saturated heterocycles. The van der Waals surface area contributed by atoms with Gasteiger partial charge in [0, 0.05) is 7.11 Å². The van der Waals surface area contributed by atoms with E-state index in [1.54, 1.807) is 13.2 Å². The first-order valence-electron chi connectivity index (χ1n) is 1.51. The predicted molar refractivity (Wildman–Crippen MR) is 32.0 cm³/mol. The Labute approximate surface area is 49.1 Å². The highest BCUT2D eigenvalue weighted by Gasteiger charge is 1.58. The van der Waals surface area contributed by atoms with Crippen LogP contribution in [0.25, 0.3) is 0 Å². The summed E-state index contributed by atoms with van der Waals surface area (Å²) in [7, 11) is 1.64. The lowest BCUT2D eigenvalue weighted by Crippen LogP contribution is -1.76. The van der Waals surface area contributed by atoms with Gasteiger partial charge >= 0.3 is 0 Å². The fourth-order valence-electron chi connectivity index (χ4n) is 0.118. The van der Waals surface area contributed by atoms with Crippen molar-refractivity contribution in [3.8, 4) is 0 Å². The van der Waals surface area contributed by atoms with E-state index in [0.29, 0.717) is 6.61 Å². The van der Waals surface area contributed by atoms with Crippen molar-refractivity contribution >= 4 is 17.4 Å². The summed E-state index contributed by atoms with van der Waals surface area (Å²) in [6.07, 6.45) is 1.71. The largest absolute Gasteiger partial charge is 0.381 e. The second-order valence-corrected chi connectivity index (χ2v) is 0.744. The molecule has 0 unspecified atom stereocenters. The molecule has 0 bridgehead atoms. The molecule has 36 valence electrons. The molecule has 0 spiro atoms. The Kier molecular flexibility index (Phi) is 14.2. The van der Waals surface area contributed by atoms with E-state index in [-0.39, 0.29) is 17.4 Å². The van der Waals surface area contributed by atoms with Crippen LogP contribution in [0.3, 0.4) is 0 Å². The molecule has 0 amide bonds. The molecular formula is C4H11AlO. The molecule has 0 aromatic rings. The number of ether oxygens (including phenoxy) is 1. The van der Waals surface area contributed by atoms with Crippen LogP contribution in [-0.4, -0.2) is 31.1 Å². The van der Waals surface area contributed by atoms with Gasteiger partial charge in [-0.3, -0.25) is 0 Å². The third-order valence-electron chi connectivity index (χ3n) is 0.285. The molecule has 0 fully saturated rings. The van der Waals surface area contributed by atoms with E-state index in [1.807, 2.05) is 0 Å². The topological polar surface area (TPSA) is 9.23 Å². The zero-order valence-electron chi connectivity index (χ0n) is 3.40. The molecule has 0 saturated carbocycles. The van der Waals surface area contributed by atoms with E-state index in [4.69, 9.17) is 0 Å². The summed E-state index contributed by atoms with van der Waals surface area (Å²) in [5.41, 5.74) is 0. The number of rotatable bonds is 2. The van der Waals surface area contributed by atoms with Gasteiger partial charge in [0.25, 0.3) is 0 Å². The van der Waals surface area contributed by atoms with Gasteiger partial charge in [-0.2, -0.15) is 0 Å². The van der Waals surface area contributed by atoms with Crippen molar-refractivity contribution in [1.82, 2.24) is 0 Å². The van der Waals surface area contributed by atoms with Gasteiger partial charge in [0.15, 0.2) is 17.4 Å². The lowest BCUT2D eigenvalue weighted by atomic mass is 10.7. The molecule has 2 heteroatoms. The second-order valence-electron chi connectivity index (χ2n) is 0.744. The van der Waals surface area contributed by atoms with E-state index in [9.17, 15) is 0 Å². The first-order valence-corrected chi connectivity index (χ1v) is 1.51. The lowest BCUT2D eigenvalue weighted by molar-refractivity contribution is 0.234. The monoisotopic (exact) mass is 102 g/mol. The molecule has 0 aliphatic heterocycles. The Hall–Kier alpha value is 0.232. The number of hydrogen-bond acceptors (Lipinski definition) is 1. The van der Waals surface area contributed by atoms with Crippen LogP contribution in [-0.2, 0) is 4.74 Å². The first kappa shape index (κ1) is 9.53. The van der Waals surface area contributed by atoms with Gasteiger partial charge in [-0.25, -0.2) is 0 Å². The molecular weight excluding hydrogens is 91.0 g/mol. The molecule has 0 radical (unpaired) electrons. The Morgan fingerprint density at radius 2 is 2.33 bits per heavy atom. The molecule has 6 heavy (non-hydrogen) atoms. The van der Waals surface area contributed by atoms with Crippen LogP contribution in [0.2, 0.25) is 0 Å². The fraction of sp³-hybridized carbons (Fsp3) is 0.500. The highest BCUT2D eigenvalue weighted by Crippen LogP contribution is 1.60. The molecule has 0 N–H and O–H groups in total. The molecule has 0 atom stereocenters. The molecule has 0 aliphatic rings. The zero-order valence-corrected chi connectivity index (χ0v) is 3.40. The van der Waals surface area contributed by atoms with Crippen molar-refractivity contribution in [3.63, 3.8) is 0 Å². The van der Waals surface area contributed by atoms with Crippen molar-refractivity contribution in [2.75, 3.05) is 13.7 Å². The Balaban J connectivity index is 0. The number of methoxy groups -OCH3 is 1. The average molecular weight is 102 g/mol. The summed E-state index contributed by atoms with van der Waals surface area (Å²) in [5.74, 6) is 0. The minimum atomic E-state index is 0. The van der Waals surface area contributed by atoms with Crippen LogP contribution >= 0.6 is 0 Å². The van der Waals surface area contributed by atoms with Crippen molar-refractivity contribution in [3.05, 3.63) is 12.7 Å². The summed E-state index contributed by atoms with van der Waals surface area (Å²) in [6.45, 7) is 4.08. The number of hydrogen-bond donors (Lipinski definition) is 0. The van der Waals surface area contributed by atoms with Crippen LogP contribution in [0.15, 0.2) is 12.7 Å². The quantitative estimate of drug-likeness (QED) is 0.341. The molecule has 0 rings (SSSR count). The molecule has 0 aliphatic carbocycles. The van der Waals surface area contributed by atoms with Crippen LogP contribution < -0.4 is 0 Å². The van der Waals surface area contributed by atoms with Crippen LogP contribution in [0.5, 0.6) is 0 Å². The normalized spacial score (nSPS) is 6.17. The minimum Gasteiger partial charge on any atom is -0.381 e. The molecule has 1 nitrogen and oxygen atoms in total. The summed E-state index contributed by atoms with van der Waals surface area (Å²) in [6, 6.07) is 0. The lowest BCUT2D eigenvalue weighted by Gasteiger charge is -1.79. The van der Waals surface area contributed by atoms with Gasteiger partial charge in [0.1, 0.15) is 0 Å². The van der Waals surface area contributed by atoms with Crippen LogP contribution in [0.1, 0.15) is 0 Å². The SMILES string of the molecule is C=CCOC.[AlH3]. The zero-order chi connectivity index (χ0) is 4.12. The minimum absolute atomic E-state index is 0. The van der Waals surface area contributed by atoms with Crippen LogP contribution in [0, 0.1) is 0 Å². The van der Waals surface area contributed by atoms with E-state index >= 15 is 0 Å². The van der Waals surface area contributed by atoms with E-state index < -0.39 is 0 Å². The third-order valence-corrected chi connectivity index (χ3v) is 0.285. The second kappa shape index (κ2) is 8.97. The third kappa shape index (κ3) is 8.87. The van der Waals surface area contributed by atoms with Gasteiger partial charge in [-0.1, -0.05) is 6.08 Å². The molecule has 0 heterocycles. The first-order chi connectivity index (χ1) is 2.41. The van der Waals surface area contributed by atoms with E-state index in [0.717, 1.165) is 0 Å². The summed E-state index contributed by atoms with van der Waals surface area (Å²) in [4.78, 5) is 0. The van der Waals surface area contributed by atoms with Gasteiger partial charge in [0.2, 0.25) is 0 Å². The maximum absolute atomic E-state index is 4.57. The predicted octanol–water partition coefficient (Wildman–Crippen LogP) is -0.365. The summed E-state index contributed by atoms with van der Waals surface area (Å²) in [5, 5.41) is 0. The Bertz CT molecular complexity index is 28.7. The van der Waals surface area contributed by atoms with Crippen LogP contribution in [0.4, 0.5) is 0 Å². The standard InChI is InChI=1S/C4H8O.Al.3H/c1-3-4-5-2;;;;/h3H,1,4H2,2H3;;;;.